The maximum atomic E-state index is 12.2. The number of hydrogen-bond acceptors (Lipinski definition) is 3. The summed E-state index contributed by atoms with van der Waals surface area (Å²) in [5, 5.41) is 7.82. The lowest BCUT2D eigenvalue weighted by molar-refractivity contribution is -0.111. The topological polar surface area (TPSA) is 59.8 Å². The van der Waals surface area contributed by atoms with E-state index < -0.39 is 0 Å². The molecule has 138 valence electrons. The second-order valence-corrected chi connectivity index (χ2v) is 6.80. The van der Waals surface area contributed by atoms with Gasteiger partial charge in [0, 0.05) is 17.8 Å². The summed E-state index contributed by atoms with van der Waals surface area (Å²) < 4.78 is 1.74. The lowest BCUT2D eigenvalue weighted by Gasteiger charge is -2.05. The third-order valence-electron chi connectivity index (χ3n) is 4.26. The fourth-order valence-corrected chi connectivity index (χ4v) is 2.95. The first-order valence-electron chi connectivity index (χ1n) is 8.62. The van der Waals surface area contributed by atoms with Gasteiger partial charge in [0.25, 0.3) is 0 Å². The summed E-state index contributed by atoms with van der Waals surface area (Å²) >= 11 is 6.49. The number of amides is 1. The van der Waals surface area contributed by atoms with Crippen LogP contribution in [0.2, 0.25) is 5.15 Å². The molecule has 5 nitrogen and oxygen atoms in total. The number of aryl methyl sites for hydroxylation is 3. The molecule has 0 aliphatic rings. The maximum Gasteiger partial charge on any atom is 0.248 e. The Balaban J connectivity index is 1.74. The van der Waals surface area contributed by atoms with Gasteiger partial charge in [-0.15, -0.1) is 0 Å². The van der Waals surface area contributed by atoms with Crippen molar-refractivity contribution in [1.29, 1.82) is 0 Å². The molecule has 3 rings (SSSR count). The van der Waals surface area contributed by atoms with Gasteiger partial charge in [-0.05, 0) is 44.0 Å². The molecule has 0 unspecified atom stereocenters. The summed E-state index contributed by atoms with van der Waals surface area (Å²) in [4.78, 5) is 16.2. The van der Waals surface area contributed by atoms with E-state index in [-0.39, 0.29) is 5.91 Å². The molecule has 0 radical (unpaired) electrons. The van der Waals surface area contributed by atoms with E-state index in [4.69, 9.17) is 11.6 Å². The Morgan fingerprint density at radius 3 is 2.63 bits per heavy atom. The lowest BCUT2D eigenvalue weighted by Crippen LogP contribution is -2.09. The molecule has 0 saturated heterocycles. The summed E-state index contributed by atoms with van der Waals surface area (Å²) in [7, 11) is 0. The van der Waals surface area contributed by atoms with Gasteiger partial charge in [-0.1, -0.05) is 41.4 Å². The number of pyridine rings is 1. The Morgan fingerprint density at radius 1 is 1.19 bits per heavy atom. The number of carbonyl (C=O) groups excluding carboxylic acids is 1. The molecule has 3 aromatic rings. The Hall–Kier alpha value is -2.92. The number of halogens is 1. The molecule has 1 aromatic carbocycles. The zero-order chi connectivity index (χ0) is 19.4. The van der Waals surface area contributed by atoms with Crippen molar-refractivity contribution in [3.8, 4) is 0 Å². The highest BCUT2D eigenvalue weighted by molar-refractivity contribution is 6.31. The van der Waals surface area contributed by atoms with Gasteiger partial charge in [0.2, 0.25) is 5.91 Å². The van der Waals surface area contributed by atoms with Crippen LogP contribution < -0.4 is 5.32 Å². The first-order chi connectivity index (χ1) is 12.9. The van der Waals surface area contributed by atoms with E-state index in [1.165, 1.54) is 11.6 Å². The lowest BCUT2D eigenvalue weighted by atomic mass is 10.1. The molecular formula is C21H21ClN4O. The summed E-state index contributed by atoms with van der Waals surface area (Å²) in [6, 6.07) is 10.1. The molecule has 0 spiro atoms. The van der Waals surface area contributed by atoms with Crippen molar-refractivity contribution in [1.82, 2.24) is 14.8 Å². The molecular weight excluding hydrogens is 360 g/mol. The van der Waals surface area contributed by atoms with Crippen molar-refractivity contribution < 1.29 is 4.79 Å². The quantitative estimate of drug-likeness (QED) is 0.660. The highest BCUT2D eigenvalue weighted by Gasteiger charge is 2.12. The first kappa shape index (κ1) is 18.9. The number of rotatable bonds is 5. The number of anilines is 1. The van der Waals surface area contributed by atoms with Crippen molar-refractivity contribution >= 4 is 29.3 Å². The van der Waals surface area contributed by atoms with Gasteiger partial charge >= 0.3 is 0 Å². The molecule has 6 heteroatoms. The minimum atomic E-state index is -0.243. The molecule has 2 heterocycles. The molecule has 0 atom stereocenters. The number of nitrogens with zero attached hydrogens (tertiary/aromatic N) is 3. The predicted molar refractivity (Wildman–Crippen MR) is 109 cm³/mol. The van der Waals surface area contributed by atoms with Gasteiger partial charge < -0.3 is 5.32 Å². The van der Waals surface area contributed by atoms with E-state index in [0.717, 1.165) is 22.4 Å². The summed E-state index contributed by atoms with van der Waals surface area (Å²) in [5.41, 5.74) is 5.47. The van der Waals surface area contributed by atoms with Crippen LogP contribution in [0.5, 0.6) is 0 Å². The van der Waals surface area contributed by atoms with Crippen molar-refractivity contribution in [2.45, 2.75) is 27.3 Å². The largest absolute Gasteiger partial charge is 0.321 e. The van der Waals surface area contributed by atoms with Crippen LogP contribution in [0.1, 0.15) is 27.9 Å². The van der Waals surface area contributed by atoms with Crippen molar-refractivity contribution in [3.63, 3.8) is 0 Å². The van der Waals surface area contributed by atoms with Gasteiger partial charge in [-0.2, -0.15) is 5.10 Å². The standard InChI is InChI=1S/C21H21ClN4O/c1-14-4-6-17(7-5-14)13-26-21(22)18(16(3)25-26)8-9-20(27)24-19-12-23-11-10-15(19)2/h4-12H,13H2,1-3H3,(H,24,27). The summed E-state index contributed by atoms with van der Waals surface area (Å²) in [5.74, 6) is -0.243. The van der Waals surface area contributed by atoms with Crippen molar-refractivity contribution in [2.24, 2.45) is 0 Å². The number of hydrogen-bond donors (Lipinski definition) is 1. The van der Waals surface area contributed by atoms with Crippen LogP contribution in [0.25, 0.3) is 6.08 Å². The van der Waals surface area contributed by atoms with E-state index >= 15 is 0 Å². The van der Waals surface area contributed by atoms with Gasteiger partial charge in [0.1, 0.15) is 5.15 Å². The number of aromatic nitrogens is 3. The van der Waals surface area contributed by atoms with Crippen LogP contribution in [0.4, 0.5) is 5.69 Å². The predicted octanol–water partition coefficient (Wildman–Crippen LogP) is 4.56. The van der Waals surface area contributed by atoms with Crippen molar-refractivity contribution in [3.05, 3.63) is 81.9 Å². The Bertz CT molecular complexity index is 990. The fraction of sp³-hybridized carbons (Fsp3) is 0.190. The Kier molecular flexibility index (Phi) is 5.72. The molecule has 27 heavy (non-hydrogen) atoms. The van der Waals surface area contributed by atoms with E-state index in [1.807, 2.05) is 19.9 Å². The maximum absolute atomic E-state index is 12.2. The van der Waals surface area contributed by atoms with Gasteiger partial charge in [-0.3, -0.25) is 9.78 Å². The highest BCUT2D eigenvalue weighted by atomic mass is 35.5. The van der Waals surface area contributed by atoms with E-state index in [1.54, 1.807) is 23.2 Å². The molecule has 0 fully saturated rings. The van der Waals surface area contributed by atoms with E-state index in [9.17, 15) is 4.79 Å². The van der Waals surface area contributed by atoms with Crippen LogP contribution in [-0.2, 0) is 11.3 Å². The summed E-state index contributed by atoms with van der Waals surface area (Å²) in [6.45, 7) is 6.42. The number of carbonyl (C=O) groups is 1. The van der Waals surface area contributed by atoms with Crippen LogP contribution in [0, 0.1) is 20.8 Å². The van der Waals surface area contributed by atoms with Gasteiger partial charge in [0.15, 0.2) is 0 Å². The SMILES string of the molecule is Cc1ccc(Cn2nc(C)c(C=CC(=O)Nc3cnccc3C)c2Cl)cc1. The molecule has 0 bridgehead atoms. The Morgan fingerprint density at radius 2 is 1.93 bits per heavy atom. The fourth-order valence-electron chi connectivity index (χ4n) is 2.66. The molecule has 1 amide bonds. The zero-order valence-electron chi connectivity index (χ0n) is 15.5. The van der Waals surface area contributed by atoms with Gasteiger partial charge in [-0.25, -0.2) is 4.68 Å². The average molecular weight is 381 g/mol. The smallest absolute Gasteiger partial charge is 0.248 e. The normalized spacial score (nSPS) is 11.1. The molecule has 0 aliphatic carbocycles. The minimum Gasteiger partial charge on any atom is -0.321 e. The Labute approximate surface area is 163 Å². The first-order valence-corrected chi connectivity index (χ1v) is 9.00. The van der Waals surface area contributed by atoms with E-state index in [2.05, 4.69) is 46.6 Å². The second kappa shape index (κ2) is 8.18. The van der Waals surface area contributed by atoms with Crippen LogP contribution in [-0.4, -0.2) is 20.7 Å². The highest BCUT2D eigenvalue weighted by Crippen LogP contribution is 2.22. The van der Waals surface area contributed by atoms with Gasteiger partial charge in [0.05, 0.1) is 24.1 Å². The third kappa shape index (κ3) is 4.63. The third-order valence-corrected chi connectivity index (χ3v) is 4.66. The minimum absolute atomic E-state index is 0.243. The number of nitrogens with one attached hydrogen (secondary N) is 1. The molecule has 0 aliphatic heterocycles. The molecule has 2 aromatic heterocycles. The average Bonchev–Trinajstić information content (AvgIpc) is 2.90. The van der Waals surface area contributed by atoms with Crippen LogP contribution >= 0.6 is 11.6 Å². The molecule has 1 N–H and O–H groups in total. The second-order valence-electron chi connectivity index (χ2n) is 6.45. The van der Waals surface area contributed by atoms with Crippen LogP contribution in [0.3, 0.4) is 0 Å². The van der Waals surface area contributed by atoms with E-state index in [0.29, 0.717) is 17.4 Å². The number of benzene rings is 1. The van der Waals surface area contributed by atoms with Crippen molar-refractivity contribution in [2.75, 3.05) is 5.32 Å². The zero-order valence-corrected chi connectivity index (χ0v) is 16.3. The van der Waals surface area contributed by atoms with Crippen LogP contribution in [0.15, 0.2) is 48.8 Å². The monoisotopic (exact) mass is 380 g/mol. The summed E-state index contributed by atoms with van der Waals surface area (Å²) in [6.07, 6.45) is 6.46. The molecule has 0 saturated carbocycles.